The van der Waals surface area contributed by atoms with E-state index >= 15 is 4.39 Å². The van der Waals surface area contributed by atoms with Crippen LogP contribution >= 0.6 is 0 Å². The number of halogens is 1. The fraction of sp³-hybridized carbons (Fsp3) is 0.375. The molecule has 2 atom stereocenters. The van der Waals surface area contributed by atoms with Crippen molar-refractivity contribution in [2.24, 2.45) is 0 Å². The number of hydrogen-bond acceptors (Lipinski definition) is 6. The highest BCUT2D eigenvalue weighted by molar-refractivity contribution is 5.98. The van der Waals surface area contributed by atoms with Gasteiger partial charge in [-0.1, -0.05) is 6.07 Å². The van der Waals surface area contributed by atoms with Gasteiger partial charge in [-0.15, -0.1) is 0 Å². The summed E-state index contributed by atoms with van der Waals surface area (Å²) < 4.78 is 20.7. The Morgan fingerprint density at radius 1 is 1.41 bits per heavy atom. The molecule has 0 spiro atoms. The summed E-state index contributed by atoms with van der Waals surface area (Å²) in [6, 6.07) is 5.17. The van der Waals surface area contributed by atoms with Crippen LogP contribution in [0.4, 0.5) is 10.2 Å². The molecular weight excluding hydrogens is 411 g/mol. The van der Waals surface area contributed by atoms with Gasteiger partial charge < -0.3 is 20.2 Å². The lowest BCUT2D eigenvalue weighted by molar-refractivity contribution is 0.0115. The molecule has 1 saturated carbocycles. The zero-order valence-corrected chi connectivity index (χ0v) is 18.2. The Hall–Kier alpha value is -3.26. The molecule has 2 aromatic rings. The number of hydrogen-bond donors (Lipinski definition) is 2. The monoisotopic (exact) mass is 438 g/mol. The number of aliphatic hydroxyl groups is 1. The molecule has 1 aliphatic carbocycles. The SMILES string of the molecule is Cc1c(Cc2ccc(N(C)/C=C\C=N)nc2)cc2c(c1F)OCN(C1CCC[C@@H]1O)C2=O. The number of fused-ring (bicyclic) bond motifs is 1. The summed E-state index contributed by atoms with van der Waals surface area (Å²) in [5.41, 5.74) is 2.22. The zero-order chi connectivity index (χ0) is 22.8. The lowest BCUT2D eigenvalue weighted by Gasteiger charge is -2.35. The van der Waals surface area contributed by atoms with Crippen molar-refractivity contribution >= 4 is 17.9 Å². The van der Waals surface area contributed by atoms with Gasteiger partial charge in [-0.3, -0.25) is 9.69 Å². The Bertz CT molecular complexity index is 1050. The number of aliphatic hydroxyl groups excluding tert-OH is 1. The molecule has 7 nitrogen and oxygen atoms in total. The maximum absolute atomic E-state index is 15.1. The van der Waals surface area contributed by atoms with E-state index in [4.69, 9.17) is 10.1 Å². The molecule has 0 bridgehead atoms. The largest absolute Gasteiger partial charge is 0.469 e. The summed E-state index contributed by atoms with van der Waals surface area (Å²) in [5.74, 6) is -0.105. The molecule has 1 fully saturated rings. The molecule has 2 N–H and O–H groups in total. The Kier molecular flexibility index (Phi) is 6.23. The van der Waals surface area contributed by atoms with E-state index in [0.717, 1.165) is 17.8 Å². The number of allylic oxidation sites excluding steroid dienone is 1. The van der Waals surface area contributed by atoms with Crippen LogP contribution in [0.15, 0.2) is 36.7 Å². The predicted octanol–water partition coefficient (Wildman–Crippen LogP) is 3.42. The predicted molar refractivity (Wildman–Crippen MR) is 120 cm³/mol. The van der Waals surface area contributed by atoms with Gasteiger partial charge >= 0.3 is 0 Å². The van der Waals surface area contributed by atoms with E-state index in [1.165, 1.54) is 11.1 Å². The van der Waals surface area contributed by atoms with E-state index in [1.807, 2.05) is 19.2 Å². The number of rotatable bonds is 6. The lowest BCUT2D eigenvalue weighted by Crippen LogP contribution is -2.48. The van der Waals surface area contributed by atoms with Gasteiger partial charge in [-0.05, 0) is 67.5 Å². The number of carbonyl (C=O) groups is 1. The second kappa shape index (κ2) is 9.08. The molecule has 0 radical (unpaired) electrons. The van der Waals surface area contributed by atoms with E-state index in [9.17, 15) is 9.90 Å². The molecule has 4 rings (SSSR count). The molecule has 32 heavy (non-hydrogen) atoms. The minimum atomic E-state index is -0.574. The minimum absolute atomic E-state index is 0.00642. The summed E-state index contributed by atoms with van der Waals surface area (Å²) in [5, 5.41) is 17.3. The molecule has 2 aliphatic rings. The third-order valence-corrected chi connectivity index (χ3v) is 6.23. The first kappa shape index (κ1) is 22.0. The number of nitrogens with one attached hydrogen (secondary N) is 1. The Balaban J connectivity index is 1.59. The summed E-state index contributed by atoms with van der Waals surface area (Å²) in [6.45, 7) is 1.64. The molecule has 1 aromatic carbocycles. The van der Waals surface area contributed by atoms with Gasteiger partial charge in [0.25, 0.3) is 5.91 Å². The fourth-order valence-corrected chi connectivity index (χ4v) is 4.34. The molecule has 1 amide bonds. The van der Waals surface area contributed by atoms with Gasteiger partial charge in [0.2, 0.25) is 0 Å². The number of benzene rings is 1. The molecule has 0 saturated heterocycles. The summed E-state index contributed by atoms with van der Waals surface area (Å²) in [6.07, 6.45) is 8.32. The number of ether oxygens (including phenoxy) is 1. The van der Waals surface area contributed by atoms with Gasteiger partial charge in [0.1, 0.15) is 5.82 Å². The summed E-state index contributed by atoms with van der Waals surface area (Å²) in [4.78, 5) is 20.9. The molecule has 1 aliphatic heterocycles. The van der Waals surface area contributed by atoms with Gasteiger partial charge in [0.15, 0.2) is 18.3 Å². The lowest BCUT2D eigenvalue weighted by atomic mass is 9.96. The van der Waals surface area contributed by atoms with Crippen molar-refractivity contribution in [3.63, 3.8) is 0 Å². The smallest absolute Gasteiger partial charge is 0.260 e. The van der Waals surface area contributed by atoms with Gasteiger partial charge in [-0.2, -0.15) is 0 Å². The standard InChI is InChI=1S/C24H27FN4O3/c1-15-17(11-16-7-8-21(27-13-16)28(2)10-4-9-26)12-18-23(22(15)25)32-14-29(24(18)31)19-5-3-6-20(19)30/h4,7-10,12-13,19-20,26,30H,3,5-6,11,14H2,1-2H3/b10-4-,26-9?/t19?,20-/m0/s1. The molecule has 8 heteroatoms. The van der Waals surface area contributed by atoms with E-state index < -0.39 is 11.9 Å². The number of pyridine rings is 1. The third kappa shape index (κ3) is 4.10. The Morgan fingerprint density at radius 2 is 2.22 bits per heavy atom. The first-order valence-corrected chi connectivity index (χ1v) is 10.7. The Labute approximate surface area is 186 Å². The van der Waals surface area contributed by atoms with E-state index in [-0.39, 0.29) is 30.0 Å². The van der Waals surface area contributed by atoms with Gasteiger partial charge in [0, 0.05) is 25.7 Å². The van der Waals surface area contributed by atoms with Crippen molar-refractivity contribution in [1.29, 1.82) is 5.41 Å². The average molecular weight is 439 g/mol. The fourth-order valence-electron chi connectivity index (χ4n) is 4.34. The number of anilines is 1. The van der Waals surface area contributed by atoms with Crippen LogP contribution < -0.4 is 9.64 Å². The van der Waals surface area contributed by atoms with E-state index in [1.54, 1.807) is 36.4 Å². The van der Waals surface area contributed by atoms with Crippen molar-refractivity contribution in [2.75, 3.05) is 18.7 Å². The maximum Gasteiger partial charge on any atom is 0.260 e. The first-order chi connectivity index (χ1) is 15.4. The van der Waals surface area contributed by atoms with E-state index in [2.05, 4.69) is 4.98 Å². The zero-order valence-electron chi connectivity index (χ0n) is 18.2. The minimum Gasteiger partial charge on any atom is -0.469 e. The summed E-state index contributed by atoms with van der Waals surface area (Å²) in [7, 11) is 1.84. The van der Waals surface area contributed by atoms with Gasteiger partial charge in [0.05, 0.1) is 17.7 Å². The molecular formula is C24H27FN4O3. The van der Waals surface area contributed by atoms with Crippen LogP contribution in [0.3, 0.4) is 0 Å². The molecule has 1 unspecified atom stereocenters. The Morgan fingerprint density at radius 3 is 2.88 bits per heavy atom. The summed E-state index contributed by atoms with van der Waals surface area (Å²) >= 11 is 0. The second-order valence-electron chi connectivity index (χ2n) is 8.29. The van der Waals surface area contributed by atoms with Crippen molar-refractivity contribution in [3.05, 3.63) is 64.7 Å². The van der Waals surface area contributed by atoms with Crippen molar-refractivity contribution in [1.82, 2.24) is 9.88 Å². The molecule has 1 aromatic heterocycles. The highest BCUT2D eigenvalue weighted by Gasteiger charge is 2.39. The van der Waals surface area contributed by atoms with Crippen molar-refractivity contribution < 1.29 is 19.0 Å². The third-order valence-electron chi connectivity index (χ3n) is 6.23. The highest BCUT2D eigenvalue weighted by Crippen LogP contribution is 2.36. The topological polar surface area (TPSA) is 89.8 Å². The number of nitrogens with zero attached hydrogens (tertiary/aromatic N) is 3. The first-order valence-electron chi connectivity index (χ1n) is 10.7. The van der Waals surface area contributed by atoms with Crippen LogP contribution in [-0.2, 0) is 6.42 Å². The number of aromatic nitrogens is 1. The van der Waals surface area contributed by atoms with Crippen LogP contribution in [0.5, 0.6) is 5.75 Å². The maximum atomic E-state index is 15.1. The highest BCUT2D eigenvalue weighted by atomic mass is 19.1. The van der Waals surface area contributed by atoms with Crippen LogP contribution in [0.25, 0.3) is 0 Å². The van der Waals surface area contributed by atoms with Crippen molar-refractivity contribution in [3.8, 4) is 5.75 Å². The van der Waals surface area contributed by atoms with Crippen LogP contribution in [0.1, 0.15) is 46.3 Å². The van der Waals surface area contributed by atoms with Crippen LogP contribution in [0.2, 0.25) is 0 Å². The molecule has 168 valence electrons. The average Bonchev–Trinajstić information content (AvgIpc) is 3.22. The normalized spacial score (nSPS) is 20.4. The second-order valence-corrected chi connectivity index (χ2v) is 8.29. The number of amides is 1. The van der Waals surface area contributed by atoms with Crippen LogP contribution in [0, 0.1) is 18.2 Å². The van der Waals surface area contributed by atoms with Crippen LogP contribution in [-0.4, -0.2) is 53.0 Å². The quantitative estimate of drug-likeness (QED) is 0.675. The van der Waals surface area contributed by atoms with Gasteiger partial charge in [-0.25, -0.2) is 9.37 Å². The van der Waals surface area contributed by atoms with E-state index in [0.29, 0.717) is 30.4 Å². The number of carbonyl (C=O) groups excluding carboxylic acids is 1. The van der Waals surface area contributed by atoms with Crippen molar-refractivity contribution in [2.45, 2.75) is 44.8 Å². The molecule has 2 heterocycles.